The Bertz CT molecular complexity index is 881. The second-order valence-corrected chi connectivity index (χ2v) is 6.64. The van der Waals surface area contributed by atoms with E-state index in [1.807, 2.05) is 54.3 Å². The number of carbonyl (C=O) groups is 1. The van der Waals surface area contributed by atoms with E-state index in [4.69, 9.17) is 9.15 Å². The maximum Gasteiger partial charge on any atom is 0.289 e. The van der Waals surface area contributed by atoms with E-state index in [0.717, 1.165) is 36.3 Å². The van der Waals surface area contributed by atoms with E-state index in [-0.39, 0.29) is 5.91 Å². The highest BCUT2D eigenvalue weighted by molar-refractivity contribution is 5.96. The van der Waals surface area contributed by atoms with E-state index in [9.17, 15) is 4.79 Å². The molecular weight excluding hydrogens is 344 g/mol. The third kappa shape index (κ3) is 4.09. The summed E-state index contributed by atoms with van der Waals surface area (Å²) in [6.07, 6.45) is 0. The first kappa shape index (κ1) is 17.5. The molecule has 1 amide bonds. The van der Waals surface area contributed by atoms with Crippen molar-refractivity contribution in [3.8, 4) is 5.88 Å². The maximum absolute atomic E-state index is 12.7. The quantitative estimate of drug-likeness (QED) is 0.690. The molecule has 1 saturated heterocycles. The number of furan rings is 1. The topological polar surface area (TPSA) is 71.7 Å². The molecule has 0 N–H and O–H groups in total. The Balaban J connectivity index is 1.25. The zero-order valence-electron chi connectivity index (χ0n) is 15.3. The fourth-order valence-corrected chi connectivity index (χ4v) is 3.16. The first-order valence-electron chi connectivity index (χ1n) is 9.12. The molecule has 0 unspecified atom stereocenters. The van der Waals surface area contributed by atoms with Crippen molar-refractivity contribution < 1.29 is 13.9 Å². The molecule has 0 spiro atoms. The summed E-state index contributed by atoms with van der Waals surface area (Å²) in [5, 5.41) is 8.92. The highest BCUT2D eigenvalue weighted by Crippen LogP contribution is 2.20. The number of hydrogen-bond donors (Lipinski definition) is 0. The molecule has 0 bridgehead atoms. The van der Waals surface area contributed by atoms with Gasteiger partial charge in [-0.25, -0.2) is 0 Å². The van der Waals surface area contributed by atoms with Crippen LogP contribution in [0.25, 0.3) is 11.0 Å². The second kappa shape index (κ2) is 7.75. The molecule has 3 heterocycles. The van der Waals surface area contributed by atoms with Gasteiger partial charge in [0.15, 0.2) is 5.76 Å². The summed E-state index contributed by atoms with van der Waals surface area (Å²) in [6, 6.07) is 13.2. The fraction of sp³-hybridized carbons (Fsp3) is 0.350. The number of hydrogen-bond acceptors (Lipinski definition) is 6. The van der Waals surface area contributed by atoms with Crippen molar-refractivity contribution in [2.45, 2.75) is 6.92 Å². The van der Waals surface area contributed by atoms with Gasteiger partial charge < -0.3 is 14.1 Å². The summed E-state index contributed by atoms with van der Waals surface area (Å²) in [4.78, 5) is 16.8. The number of fused-ring (bicyclic) bond motifs is 1. The average Bonchev–Trinajstić information content (AvgIpc) is 3.14. The maximum atomic E-state index is 12.7. The Kier molecular flexibility index (Phi) is 5.02. The van der Waals surface area contributed by atoms with Gasteiger partial charge in [0.2, 0.25) is 5.88 Å². The molecule has 1 fully saturated rings. The zero-order valence-corrected chi connectivity index (χ0v) is 15.3. The molecule has 1 aliphatic heterocycles. The molecule has 7 heteroatoms. The van der Waals surface area contributed by atoms with Crippen LogP contribution in [-0.2, 0) is 0 Å². The molecule has 7 nitrogen and oxygen atoms in total. The van der Waals surface area contributed by atoms with Crippen molar-refractivity contribution in [2.24, 2.45) is 0 Å². The molecule has 1 aliphatic rings. The highest BCUT2D eigenvalue weighted by Gasteiger charge is 2.24. The molecule has 0 saturated carbocycles. The molecule has 0 radical (unpaired) electrons. The van der Waals surface area contributed by atoms with Crippen molar-refractivity contribution in [2.75, 3.05) is 39.3 Å². The number of para-hydroxylation sites is 1. The van der Waals surface area contributed by atoms with E-state index in [0.29, 0.717) is 31.3 Å². The van der Waals surface area contributed by atoms with Crippen LogP contribution in [0.15, 0.2) is 46.9 Å². The molecule has 3 aromatic rings. The van der Waals surface area contributed by atoms with Crippen LogP contribution >= 0.6 is 0 Å². The normalized spacial score (nSPS) is 15.2. The number of aromatic nitrogens is 2. The second-order valence-electron chi connectivity index (χ2n) is 6.64. The molecule has 27 heavy (non-hydrogen) atoms. The monoisotopic (exact) mass is 366 g/mol. The van der Waals surface area contributed by atoms with Gasteiger partial charge in [-0.1, -0.05) is 18.2 Å². The molecule has 4 rings (SSSR count). The minimum Gasteiger partial charge on any atom is -0.475 e. The fourth-order valence-electron chi connectivity index (χ4n) is 3.16. The van der Waals surface area contributed by atoms with Crippen molar-refractivity contribution >= 4 is 16.9 Å². The average molecular weight is 366 g/mol. The molecule has 140 valence electrons. The summed E-state index contributed by atoms with van der Waals surface area (Å²) in [6.45, 7) is 6.23. The lowest BCUT2D eigenvalue weighted by atomic mass is 10.2. The van der Waals surface area contributed by atoms with Crippen LogP contribution < -0.4 is 4.74 Å². The molecule has 0 aliphatic carbocycles. The van der Waals surface area contributed by atoms with Crippen molar-refractivity contribution in [1.29, 1.82) is 0 Å². The largest absolute Gasteiger partial charge is 0.475 e. The van der Waals surface area contributed by atoms with Crippen molar-refractivity contribution in [3.05, 3.63) is 53.9 Å². The lowest BCUT2D eigenvalue weighted by Gasteiger charge is -2.34. The number of ether oxygens (including phenoxy) is 1. The van der Waals surface area contributed by atoms with Crippen LogP contribution in [0, 0.1) is 6.92 Å². The molecule has 1 aromatic carbocycles. The summed E-state index contributed by atoms with van der Waals surface area (Å²) in [5.74, 6) is 0.905. The van der Waals surface area contributed by atoms with Gasteiger partial charge in [0.25, 0.3) is 5.91 Å². The predicted molar refractivity (Wildman–Crippen MR) is 101 cm³/mol. The van der Waals surface area contributed by atoms with Crippen molar-refractivity contribution in [3.63, 3.8) is 0 Å². The summed E-state index contributed by atoms with van der Waals surface area (Å²) >= 11 is 0. The van der Waals surface area contributed by atoms with E-state index >= 15 is 0 Å². The summed E-state index contributed by atoms with van der Waals surface area (Å²) < 4.78 is 11.3. The molecule has 0 atom stereocenters. The van der Waals surface area contributed by atoms with E-state index < -0.39 is 0 Å². The van der Waals surface area contributed by atoms with Gasteiger partial charge in [0.05, 0.1) is 5.69 Å². The predicted octanol–water partition coefficient (Wildman–Crippen LogP) is 2.37. The van der Waals surface area contributed by atoms with Crippen molar-refractivity contribution in [1.82, 2.24) is 20.0 Å². The summed E-state index contributed by atoms with van der Waals surface area (Å²) in [7, 11) is 0. The van der Waals surface area contributed by atoms with Gasteiger partial charge in [0.1, 0.15) is 12.2 Å². The lowest BCUT2D eigenvalue weighted by Crippen LogP contribution is -2.49. The van der Waals surface area contributed by atoms with Gasteiger partial charge in [-0.3, -0.25) is 9.69 Å². The number of aryl methyl sites for hydroxylation is 1. The first-order chi connectivity index (χ1) is 13.2. The Morgan fingerprint density at radius 1 is 1.11 bits per heavy atom. The van der Waals surface area contributed by atoms with E-state index in [1.165, 1.54) is 0 Å². The Morgan fingerprint density at radius 2 is 1.93 bits per heavy atom. The third-order valence-electron chi connectivity index (χ3n) is 4.73. The Morgan fingerprint density at radius 3 is 2.67 bits per heavy atom. The van der Waals surface area contributed by atoms with Crippen LogP contribution in [-0.4, -0.2) is 65.2 Å². The Labute approximate surface area is 157 Å². The molecule has 2 aromatic heterocycles. The lowest BCUT2D eigenvalue weighted by molar-refractivity contribution is 0.0591. The Hall–Kier alpha value is -2.93. The SMILES string of the molecule is Cc1ccc(OCCN2CCN(C(=O)c3cc4ccccc4o3)CC2)nn1. The minimum atomic E-state index is -0.0444. The van der Waals surface area contributed by atoms with E-state index in [2.05, 4.69) is 15.1 Å². The van der Waals surface area contributed by atoms with Crippen LogP contribution in [0.3, 0.4) is 0 Å². The van der Waals surface area contributed by atoms with Gasteiger partial charge in [-0.2, -0.15) is 5.10 Å². The minimum absolute atomic E-state index is 0.0444. The van der Waals surface area contributed by atoms with Crippen LogP contribution in [0.5, 0.6) is 5.88 Å². The van der Waals surface area contributed by atoms with Gasteiger partial charge in [-0.15, -0.1) is 5.10 Å². The van der Waals surface area contributed by atoms with Gasteiger partial charge >= 0.3 is 0 Å². The van der Waals surface area contributed by atoms with E-state index in [1.54, 1.807) is 0 Å². The van der Waals surface area contributed by atoms with Gasteiger partial charge in [0, 0.05) is 44.2 Å². The number of nitrogens with zero attached hydrogens (tertiary/aromatic N) is 4. The molecular formula is C20H22N4O3. The smallest absolute Gasteiger partial charge is 0.289 e. The number of carbonyl (C=O) groups excluding carboxylic acids is 1. The summed E-state index contributed by atoms with van der Waals surface area (Å²) in [5.41, 5.74) is 1.61. The van der Waals surface area contributed by atoms with Crippen LogP contribution in [0.2, 0.25) is 0 Å². The van der Waals surface area contributed by atoms with Gasteiger partial charge in [-0.05, 0) is 25.1 Å². The third-order valence-corrected chi connectivity index (χ3v) is 4.73. The number of amides is 1. The first-order valence-corrected chi connectivity index (χ1v) is 9.12. The number of rotatable bonds is 5. The number of piperazine rings is 1. The zero-order chi connectivity index (χ0) is 18.6. The van der Waals surface area contributed by atoms with Crippen LogP contribution in [0.1, 0.15) is 16.2 Å². The van der Waals surface area contributed by atoms with Crippen LogP contribution in [0.4, 0.5) is 0 Å². The highest BCUT2D eigenvalue weighted by atomic mass is 16.5. The number of benzene rings is 1. The standard InChI is InChI=1S/C20H22N4O3/c1-15-6-7-19(22-21-15)26-13-12-23-8-10-24(11-9-23)20(25)18-14-16-4-2-3-5-17(16)27-18/h2-7,14H,8-13H2,1H3.